The first-order valence-electron chi connectivity index (χ1n) is 16.4. The number of rotatable bonds is 5. The largest absolute Gasteiger partial charge is 0.508 e. The van der Waals surface area contributed by atoms with Crippen LogP contribution in [0.2, 0.25) is 0 Å². The number of aromatic hydroxyl groups is 1. The molecule has 0 bridgehead atoms. The normalized spacial score (nSPS) is 29.0. The SMILES string of the molecule is C=C1CN2C[C@H]3C[C@H]3[C@]2(COc2nc(N3CCCC(C)(O)C3)c3cnc(-c4cc(O)cc5ccc6c(c45)CCC6)c(F)c3n2)C1. The molecule has 0 spiro atoms. The van der Waals surface area contributed by atoms with Crippen LogP contribution >= 0.6 is 0 Å². The Morgan fingerprint density at radius 2 is 2.07 bits per heavy atom. The summed E-state index contributed by atoms with van der Waals surface area (Å²) in [5.41, 5.74) is 3.55. The summed E-state index contributed by atoms with van der Waals surface area (Å²) in [6.45, 7) is 9.56. The Balaban J connectivity index is 1.19. The second-order valence-corrected chi connectivity index (χ2v) is 14.5. The van der Waals surface area contributed by atoms with E-state index in [1.54, 1.807) is 18.3 Å². The molecule has 3 aliphatic heterocycles. The van der Waals surface area contributed by atoms with Crippen LogP contribution in [0, 0.1) is 17.7 Å². The number of benzene rings is 2. The van der Waals surface area contributed by atoms with Crippen LogP contribution in [0.3, 0.4) is 0 Å². The highest BCUT2D eigenvalue weighted by Crippen LogP contribution is 2.60. The molecule has 0 radical (unpaired) electrons. The lowest BCUT2D eigenvalue weighted by atomic mass is 9.91. The molecular formula is C36H38FN5O3. The number of aliphatic hydroxyl groups is 1. The Labute approximate surface area is 261 Å². The number of fused-ring (bicyclic) bond motifs is 7. The second kappa shape index (κ2) is 9.59. The number of aromatic nitrogens is 3. The van der Waals surface area contributed by atoms with Gasteiger partial charge in [0.25, 0.3) is 0 Å². The molecule has 45 heavy (non-hydrogen) atoms. The maximum atomic E-state index is 16.9. The Hall–Kier alpha value is -3.82. The zero-order valence-electron chi connectivity index (χ0n) is 25.7. The third kappa shape index (κ3) is 4.27. The summed E-state index contributed by atoms with van der Waals surface area (Å²) in [6.07, 6.45) is 8.18. The zero-order valence-corrected chi connectivity index (χ0v) is 25.7. The lowest BCUT2D eigenvalue weighted by Gasteiger charge is -2.38. The first kappa shape index (κ1) is 27.5. The first-order chi connectivity index (χ1) is 21.7. The van der Waals surface area contributed by atoms with Crippen molar-refractivity contribution in [2.24, 2.45) is 11.8 Å². The van der Waals surface area contributed by atoms with Gasteiger partial charge in [0, 0.05) is 37.9 Å². The maximum absolute atomic E-state index is 16.9. The third-order valence-corrected chi connectivity index (χ3v) is 11.2. The van der Waals surface area contributed by atoms with Crippen LogP contribution in [0.15, 0.2) is 42.6 Å². The van der Waals surface area contributed by atoms with Crippen molar-refractivity contribution in [1.82, 2.24) is 19.9 Å². The number of halogens is 1. The minimum absolute atomic E-state index is 0.0663. The van der Waals surface area contributed by atoms with Crippen LogP contribution in [-0.4, -0.2) is 74.0 Å². The monoisotopic (exact) mass is 607 g/mol. The summed E-state index contributed by atoms with van der Waals surface area (Å²) in [7, 11) is 0. The van der Waals surface area contributed by atoms with E-state index < -0.39 is 11.4 Å². The predicted octanol–water partition coefficient (Wildman–Crippen LogP) is 5.56. The smallest absolute Gasteiger partial charge is 0.319 e. The van der Waals surface area contributed by atoms with E-state index in [1.165, 1.54) is 23.1 Å². The molecule has 1 saturated carbocycles. The van der Waals surface area contributed by atoms with E-state index in [9.17, 15) is 10.2 Å². The highest BCUT2D eigenvalue weighted by Gasteiger charge is 2.64. The van der Waals surface area contributed by atoms with Crippen molar-refractivity contribution >= 4 is 27.5 Å². The molecule has 232 valence electrons. The number of anilines is 1. The van der Waals surface area contributed by atoms with Gasteiger partial charge in [0.15, 0.2) is 5.82 Å². The number of nitrogens with zero attached hydrogens (tertiary/aromatic N) is 5. The summed E-state index contributed by atoms with van der Waals surface area (Å²) >= 11 is 0. The fourth-order valence-corrected chi connectivity index (χ4v) is 9.12. The summed E-state index contributed by atoms with van der Waals surface area (Å²) in [5, 5.41) is 23.9. The first-order valence-corrected chi connectivity index (χ1v) is 16.4. The molecule has 2 aliphatic carbocycles. The van der Waals surface area contributed by atoms with E-state index in [-0.39, 0.29) is 28.5 Å². The number of hydrogen-bond acceptors (Lipinski definition) is 8. The van der Waals surface area contributed by atoms with E-state index in [0.717, 1.165) is 61.9 Å². The van der Waals surface area contributed by atoms with Crippen LogP contribution < -0.4 is 9.64 Å². The zero-order chi connectivity index (χ0) is 30.7. The van der Waals surface area contributed by atoms with Gasteiger partial charge in [0.05, 0.1) is 16.5 Å². The van der Waals surface area contributed by atoms with E-state index in [4.69, 9.17) is 14.7 Å². The van der Waals surface area contributed by atoms with Gasteiger partial charge >= 0.3 is 6.01 Å². The van der Waals surface area contributed by atoms with Gasteiger partial charge in [-0.25, -0.2) is 4.39 Å². The van der Waals surface area contributed by atoms with Gasteiger partial charge in [-0.3, -0.25) is 9.88 Å². The molecule has 8 nitrogen and oxygen atoms in total. The highest BCUT2D eigenvalue weighted by atomic mass is 19.1. The van der Waals surface area contributed by atoms with Gasteiger partial charge in [-0.1, -0.05) is 24.3 Å². The number of β-amino-alcohol motifs (C(OH)–C–C–N with tert-alkyl or cyclic N) is 1. The fraction of sp³-hybridized carbons (Fsp3) is 0.472. The minimum Gasteiger partial charge on any atom is -0.508 e. The molecule has 4 aromatic rings. The average Bonchev–Trinajstić information content (AvgIpc) is 3.33. The summed E-state index contributed by atoms with van der Waals surface area (Å²) in [5.74, 6) is 1.33. The van der Waals surface area contributed by atoms with Gasteiger partial charge in [-0.15, -0.1) is 0 Å². The van der Waals surface area contributed by atoms with E-state index in [2.05, 4.69) is 22.5 Å². The highest BCUT2D eigenvalue weighted by molar-refractivity contribution is 6.02. The number of ether oxygens (including phenoxy) is 1. The number of phenolic OH excluding ortho intramolecular Hbond substituents is 1. The van der Waals surface area contributed by atoms with Crippen LogP contribution in [0.5, 0.6) is 11.8 Å². The van der Waals surface area contributed by atoms with Crippen LogP contribution in [0.4, 0.5) is 10.2 Å². The number of hydrogen-bond donors (Lipinski definition) is 2. The molecule has 9 heteroatoms. The maximum Gasteiger partial charge on any atom is 0.319 e. The Bertz CT molecular complexity index is 1930. The topological polar surface area (TPSA) is 94.8 Å². The van der Waals surface area contributed by atoms with E-state index in [0.29, 0.717) is 48.8 Å². The van der Waals surface area contributed by atoms with Crippen molar-refractivity contribution in [1.29, 1.82) is 0 Å². The van der Waals surface area contributed by atoms with E-state index >= 15 is 4.39 Å². The molecule has 5 aliphatic rings. The lowest BCUT2D eigenvalue weighted by molar-refractivity contribution is 0.0446. The van der Waals surface area contributed by atoms with Crippen molar-refractivity contribution < 1.29 is 19.3 Å². The molecule has 4 fully saturated rings. The third-order valence-electron chi connectivity index (χ3n) is 11.2. The average molecular weight is 608 g/mol. The van der Waals surface area contributed by atoms with Crippen molar-refractivity contribution in [2.75, 3.05) is 37.7 Å². The molecule has 2 N–H and O–H groups in total. The fourth-order valence-electron chi connectivity index (χ4n) is 9.12. The van der Waals surface area contributed by atoms with Gasteiger partial charge < -0.3 is 19.8 Å². The summed E-state index contributed by atoms with van der Waals surface area (Å²) < 4.78 is 23.4. The summed E-state index contributed by atoms with van der Waals surface area (Å²) in [4.78, 5) is 18.8. The van der Waals surface area contributed by atoms with Gasteiger partial charge in [0.1, 0.15) is 29.4 Å². The van der Waals surface area contributed by atoms with Crippen molar-refractivity contribution in [2.45, 2.75) is 63.0 Å². The molecule has 2 aromatic carbocycles. The van der Waals surface area contributed by atoms with E-state index in [1.807, 2.05) is 17.9 Å². The van der Waals surface area contributed by atoms with Gasteiger partial charge in [-0.2, -0.15) is 9.97 Å². The molecule has 1 unspecified atom stereocenters. The van der Waals surface area contributed by atoms with Crippen molar-refractivity contribution in [3.05, 3.63) is 59.6 Å². The lowest BCUT2D eigenvalue weighted by Crippen LogP contribution is -2.47. The van der Waals surface area contributed by atoms with Gasteiger partial charge in [-0.05, 0) is 97.7 Å². The molecular weight excluding hydrogens is 569 g/mol. The Morgan fingerprint density at radius 1 is 1.18 bits per heavy atom. The van der Waals surface area contributed by atoms with Gasteiger partial charge in [0.2, 0.25) is 0 Å². The standard InChI is InChI=1S/C36H38FN5O3/c1-20-14-36(28-12-23(28)17-42(36)16-20)19-45-34-39-32-27(33(40-34)41-10-4-9-35(2,44)18-41)15-38-31(30(32)37)26-13-24(43)11-22-8-7-21-5-3-6-25(21)29(22)26/h7-8,11,13,15,23,28,43-44H,1,3-6,9-10,12,14,16-19H2,2H3/t23-,28-,35?,36-/m1/s1. The van der Waals surface area contributed by atoms with Crippen LogP contribution in [0.25, 0.3) is 32.9 Å². The molecule has 5 heterocycles. The van der Waals surface area contributed by atoms with Crippen molar-refractivity contribution in [3.63, 3.8) is 0 Å². The number of aryl methyl sites for hydroxylation is 2. The van der Waals surface area contributed by atoms with Crippen LogP contribution in [0.1, 0.15) is 50.2 Å². The molecule has 2 aromatic heterocycles. The quantitative estimate of drug-likeness (QED) is 0.285. The number of phenols is 1. The number of piperidine rings is 2. The Kier molecular flexibility index (Phi) is 5.86. The molecule has 4 atom stereocenters. The van der Waals surface area contributed by atoms with Crippen molar-refractivity contribution in [3.8, 4) is 23.0 Å². The number of pyridine rings is 1. The predicted molar refractivity (Wildman–Crippen MR) is 171 cm³/mol. The summed E-state index contributed by atoms with van der Waals surface area (Å²) in [6, 6.07) is 7.61. The molecule has 0 amide bonds. The molecule has 3 saturated heterocycles. The van der Waals surface area contributed by atoms with Crippen LogP contribution in [-0.2, 0) is 12.8 Å². The molecule has 9 rings (SSSR count). The second-order valence-electron chi connectivity index (χ2n) is 14.5. The minimum atomic E-state index is -0.891. The Morgan fingerprint density at radius 3 is 2.93 bits per heavy atom.